The number of hydrogen-bond donors (Lipinski definition) is 0. The molecule has 2 aliphatic rings. The third-order valence-electron chi connectivity index (χ3n) is 9.86. The second kappa shape index (κ2) is 11.0. The van der Waals surface area contributed by atoms with Crippen LogP contribution in [-0.4, -0.2) is 6.10 Å². The van der Waals surface area contributed by atoms with Crippen LogP contribution in [0.1, 0.15) is 24.0 Å². The van der Waals surface area contributed by atoms with Gasteiger partial charge in [-0.2, -0.15) is 0 Å². The maximum absolute atomic E-state index is 6.81. The molecule has 0 aromatic heterocycles. The molecule has 7 aromatic carbocycles. The molecule has 9 rings (SSSR count). The number of allylic oxidation sites excluding steroid dienone is 2. The summed E-state index contributed by atoms with van der Waals surface area (Å²) in [6.45, 7) is 4.39. The summed E-state index contributed by atoms with van der Waals surface area (Å²) < 4.78 is 6.81. The van der Waals surface area contributed by atoms with Crippen LogP contribution < -0.4 is 4.74 Å². The minimum atomic E-state index is 0.0307. The molecule has 1 nitrogen and oxygen atoms in total. The van der Waals surface area contributed by atoms with Crippen molar-refractivity contribution in [2.75, 3.05) is 0 Å². The molecule has 0 saturated carbocycles. The molecule has 224 valence electrons. The van der Waals surface area contributed by atoms with Gasteiger partial charge in [-0.05, 0) is 105 Å². The fraction of sp³-hybridized carbons (Fsp3) is 0.0870. The third kappa shape index (κ3) is 4.62. The van der Waals surface area contributed by atoms with Crippen LogP contribution in [0.4, 0.5) is 0 Å². The van der Waals surface area contributed by atoms with Gasteiger partial charge < -0.3 is 4.74 Å². The zero-order chi connectivity index (χ0) is 31.5. The summed E-state index contributed by atoms with van der Waals surface area (Å²) in [7, 11) is 0. The van der Waals surface area contributed by atoms with E-state index in [0.29, 0.717) is 0 Å². The lowest BCUT2D eigenvalue weighted by Gasteiger charge is -2.20. The van der Waals surface area contributed by atoms with E-state index in [0.717, 1.165) is 5.75 Å². The molecular formula is C46H34O. The average Bonchev–Trinajstić information content (AvgIpc) is 3.48. The molecule has 7 aromatic rings. The van der Waals surface area contributed by atoms with E-state index in [1.54, 1.807) is 0 Å². The minimum Gasteiger partial charge on any atom is -0.484 e. The van der Waals surface area contributed by atoms with Crippen molar-refractivity contribution in [3.05, 3.63) is 174 Å². The average molecular weight is 603 g/mol. The highest BCUT2D eigenvalue weighted by Gasteiger charge is 2.35. The summed E-state index contributed by atoms with van der Waals surface area (Å²) in [5.41, 5.74) is 13.6. The Balaban J connectivity index is 1.35. The molecule has 0 radical (unpaired) electrons. The molecule has 0 saturated heterocycles. The van der Waals surface area contributed by atoms with Crippen LogP contribution in [0.5, 0.6) is 5.75 Å². The summed E-state index contributed by atoms with van der Waals surface area (Å²) in [6.07, 6.45) is 6.81. The molecular weight excluding hydrogens is 569 g/mol. The van der Waals surface area contributed by atoms with Crippen LogP contribution in [0.15, 0.2) is 163 Å². The zero-order valence-corrected chi connectivity index (χ0v) is 26.6. The van der Waals surface area contributed by atoms with Crippen molar-refractivity contribution >= 4 is 21.5 Å². The summed E-state index contributed by atoms with van der Waals surface area (Å²) in [5.74, 6) is 1.25. The molecule has 0 bridgehead atoms. The first kappa shape index (κ1) is 27.6. The van der Waals surface area contributed by atoms with Gasteiger partial charge in [-0.1, -0.05) is 133 Å². The minimum absolute atomic E-state index is 0.0307. The van der Waals surface area contributed by atoms with Gasteiger partial charge in [-0.15, -0.1) is 0 Å². The lowest BCUT2D eigenvalue weighted by Crippen LogP contribution is -2.16. The molecule has 1 heterocycles. The topological polar surface area (TPSA) is 9.23 Å². The lowest BCUT2D eigenvalue weighted by molar-refractivity contribution is 0.269. The van der Waals surface area contributed by atoms with Crippen molar-refractivity contribution in [2.45, 2.75) is 25.9 Å². The first-order chi connectivity index (χ1) is 23.1. The van der Waals surface area contributed by atoms with E-state index in [2.05, 4.69) is 172 Å². The van der Waals surface area contributed by atoms with Gasteiger partial charge in [0.15, 0.2) is 0 Å². The fourth-order valence-electron chi connectivity index (χ4n) is 7.78. The van der Waals surface area contributed by atoms with E-state index in [4.69, 9.17) is 4.74 Å². The number of aryl methyl sites for hydroxylation is 1. The Morgan fingerprint density at radius 2 is 1.00 bits per heavy atom. The smallest absolute Gasteiger partial charge is 0.132 e. The van der Waals surface area contributed by atoms with Gasteiger partial charge in [-0.3, -0.25) is 0 Å². The van der Waals surface area contributed by atoms with Gasteiger partial charge in [-0.25, -0.2) is 0 Å². The van der Waals surface area contributed by atoms with Gasteiger partial charge in [0, 0.05) is 22.6 Å². The second-order valence-electron chi connectivity index (χ2n) is 13.0. The standard InChI is InChI=1S/C46H34O/c1-29-21-22-43-40(23-29)41-24-30(2)25-42(46(41)47-43)45-38-19-11-9-17-36(38)44(37-18-10-12-20-39(37)45)35-27-33(31-13-5-3-6-14-31)26-34(28-35)32-15-7-4-8-16-32/h3-28,40,43H,1-2H3. The van der Waals surface area contributed by atoms with Gasteiger partial charge in [0.25, 0.3) is 0 Å². The number of rotatable bonds is 4. The van der Waals surface area contributed by atoms with E-state index in [1.807, 2.05) is 0 Å². The maximum Gasteiger partial charge on any atom is 0.132 e. The third-order valence-corrected chi connectivity index (χ3v) is 9.86. The molecule has 0 N–H and O–H groups in total. The Labute approximate surface area is 276 Å². The van der Waals surface area contributed by atoms with Crippen molar-refractivity contribution in [1.29, 1.82) is 0 Å². The Morgan fingerprint density at radius 3 is 1.57 bits per heavy atom. The molecule has 2 unspecified atom stereocenters. The van der Waals surface area contributed by atoms with Crippen molar-refractivity contribution in [2.24, 2.45) is 0 Å². The zero-order valence-electron chi connectivity index (χ0n) is 26.6. The number of ether oxygens (including phenoxy) is 1. The van der Waals surface area contributed by atoms with Crippen molar-refractivity contribution in [3.8, 4) is 50.3 Å². The Bertz CT molecular complexity index is 2280. The van der Waals surface area contributed by atoms with Crippen molar-refractivity contribution in [1.82, 2.24) is 0 Å². The number of benzene rings is 7. The molecule has 1 aliphatic carbocycles. The van der Waals surface area contributed by atoms with Crippen LogP contribution in [0.3, 0.4) is 0 Å². The van der Waals surface area contributed by atoms with Crippen molar-refractivity contribution < 1.29 is 4.74 Å². The quantitative estimate of drug-likeness (QED) is 0.182. The van der Waals surface area contributed by atoms with Crippen LogP contribution in [-0.2, 0) is 0 Å². The predicted octanol–water partition coefficient (Wildman–Crippen LogP) is 12.3. The molecule has 47 heavy (non-hydrogen) atoms. The van der Waals surface area contributed by atoms with Crippen molar-refractivity contribution in [3.63, 3.8) is 0 Å². The fourth-order valence-corrected chi connectivity index (χ4v) is 7.78. The summed E-state index contributed by atoms with van der Waals surface area (Å²) in [5, 5.41) is 4.96. The summed E-state index contributed by atoms with van der Waals surface area (Å²) in [6, 6.07) is 51.0. The number of hydrogen-bond acceptors (Lipinski definition) is 1. The van der Waals surface area contributed by atoms with E-state index < -0.39 is 0 Å². The second-order valence-corrected chi connectivity index (χ2v) is 13.0. The highest BCUT2D eigenvalue weighted by Crippen LogP contribution is 2.52. The van der Waals surface area contributed by atoms with Crippen LogP contribution in [0, 0.1) is 6.92 Å². The van der Waals surface area contributed by atoms with Crippen LogP contribution in [0.2, 0.25) is 0 Å². The molecule has 2 atom stereocenters. The SMILES string of the molecule is CC1=CC2c3cc(C)cc(-c4c5ccccc5c(-c5cc(-c6ccccc6)cc(-c6ccccc6)c5)c5ccccc45)c3OC2C=C1. The first-order valence-corrected chi connectivity index (χ1v) is 16.5. The van der Waals surface area contributed by atoms with Gasteiger partial charge in [0.1, 0.15) is 11.9 Å². The van der Waals surface area contributed by atoms with E-state index in [-0.39, 0.29) is 12.0 Å². The Hall–Kier alpha value is -5.66. The maximum atomic E-state index is 6.81. The molecule has 0 spiro atoms. The first-order valence-electron chi connectivity index (χ1n) is 16.5. The molecule has 1 heteroatoms. The van der Waals surface area contributed by atoms with E-state index >= 15 is 0 Å². The highest BCUT2D eigenvalue weighted by molar-refractivity contribution is 6.22. The van der Waals surface area contributed by atoms with Crippen LogP contribution >= 0.6 is 0 Å². The largest absolute Gasteiger partial charge is 0.484 e. The Morgan fingerprint density at radius 1 is 0.489 bits per heavy atom. The molecule has 0 amide bonds. The monoisotopic (exact) mass is 602 g/mol. The summed E-state index contributed by atoms with van der Waals surface area (Å²) >= 11 is 0. The van der Waals surface area contributed by atoms with Gasteiger partial charge >= 0.3 is 0 Å². The van der Waals surface area contributed by atoms with E-state index in [9.17, 15) is 0 Å². The normalized spacial score (nSPS) is 16.5. The lowest BCUT2D eigenvalue weighted by atomic mass is 9.82. The van der Waals surface area contributed by atoms with Gasteiger partial charge in [0.05, 0.1) is 0 Å². The van der Waals surface area contributed by atoms with E-state index in [1.165, 1.54) is 82.8 Å². The summed E-state index contributed by atoms with van der Waals surface area (Å²) in [4.78, 5) is 0. The molecule has 0 fully saturated rings. The van der Waals surface area contributed by atoms with Gasteiger partial charge in [0.2, 0.25) is 0 Å². The highest BCUT2D eigenvalue weighted by atomic mass is 16.5. The van der Waals surface area contributed by atoms with Crippen LogP contribution in [0.25, 0.3) is 66.1 Å². The Kier molecular flexibility index (Phi) is 6.47. The predicted molar refractivity (Wildman–Crippen MR) is 198 cm³/mol. The molecule has 1 aliphatic heterocycles. The number of fused-ring (bicyclic) bond motifs is 5.